The lowest BCUT2D eigenvalue weighted by molar-refractivity contribution is -0.0685. The van der Waals surface area contributed by atoms with E-state index in [1.165, 1.54) is 23.3 Å². The Balaban J connectivity index is 1.47. The van der Waals surface area contributed by atoms with Gasteiger partial charge in [-0.25, -0.2) is 0 Å². The van der Waals surface area contributed by atoms with Crippen LogP contribution in [-0.2, 0) is 6.54 Å². The highest BCUT2D eigenvalue weighted by atomic mass is 16.3. The lowest BCUT2D eigenvalue weighted by Gasteiger charge is -2.57. The molecule has 4 aliphatic carbocycles. The van der Waals surface area contributed by atoms with E-state index in [-0.39, 0.29) is 23.0 Å². The van der Waals surface area contributed by atoms with Gasteiger partial charge in [-0.2, -0.15) is 5.10 Å². The van der Waals surface area contributed by atoms with E-state index in [4.69, 9.17) is 0 Å². The van der Waals surface area contributed by atoms with Crippen LogP contribution in [0, 0.1) is 35.5 Å². The van der Waals surface area contributed by atoms with Crippen molar-refractivity contribution in [2.75, 3.05) is 0 Å². The van der Waals surface area contributed by atoms with Gasteiger partial charge in [0.2, 0.25) is 0 Å². The molecule has 4 nitrogen and oxygen atoms in total. The molecule has 4 heteroatoms. The molecule has 4 aliphatic rings. The predicted octanol–water partition coefficient (Wildman–Crippen LogP) is 4.89. The molecule has 2 N–H and O–H groups in total. The van der Waals surface area contributed by atoms with Gasteiger partial charge in [-0.05, 0) is 93.6 Å². The van der Waals surface area contributed by atoms with Crippen molar-refractivity contribution in [3.05, 3.63) is 34.7 Å². The number of hydrogen-bond acceptors (Lipinski definition) is 3. The van der Waals surface area contributed by atoms with Gasteiger partial charge >= 0.3 is 0 Å². The zero-order chi connectivity index (χ0) is 21.3. The largest absolute Gasteiger partial charge is 0.393 e. The van der Waals surface area contributed by atoms with Crippen molar-refractivity contribution >= 4 is 6.08 Å². The minimum absolute atomic E-state index is 0.0163. The van der Waals surface area contributed by atoms with Gasteiger partial charge in [0.05, 0.1) is 18.4 Å². The van der Waals surface area contributed by atoms with E-state index in [0.29, 0.717) is 17.8 Å². The van der Waals surface area contributed by atoms with Crippen LogP contribution < -0.4 is 0 Å². The van der Waals surface area contributed by atoms with E-state index in [9.17, 15) is 10.2 Å². The maximum absolute atomic E-state index is 11.4. The van der Waals surface area contributed by atoms with E-state index < -0.39 is 0 Å². The third-order valence-electron chi connectivity index (χ3n) is 9.73. The third-order valence-corrected chi connectivity index (χ3v) is 9.73. The molecule has 0 unspecified atom stereocenters. The fourth-order valence-corrected chi connectivity index (χ4v) is 7.76. The first-order valence-corrected chi connectivity index (χ1v) is 12.1. The summed E-state index contributed by atoms with van der Waals surface area (Å²) in [7, 11) is 0. The molecule has 3 saturated carbocycles. The van der Waals surface area contributed by atoms with E-state index in [2.05, 4.69) is 44.9 Å². The average Bonchev–Trinajstić information content (AvgIpc) is 3.20. The minimum atomic E-state index is -0.348. The van der Waals surface area contributed by atoms with Crippen LogP contribution in [-0.4, -0.2) is 32.2 Å². The van der Waals surface area contributed by atoms with Crippen molar-refractivity contribution in [3.63, 3.8) is 0 Å². The second-order valence-corrected chi connectivity index (χ2v) is 11.0. The quantitative estimate of drug-likeness (QED) is 0.683. The molecular formula is C26H38N2O2. The topological polar surface area (TPSA) is 58.3 Å². The average molecular weight is 411 g/mol. The standard InChI is InChI=1S/C26H38N2O2/c1-5-28-16(2)18(15-27-28)12-17-13-23-21-7-6-19-14-20(29)8-10-25(19,3)22(21)9-11-26(23,4)24(17)30/h6,12,15,20-24,29-30H,5,7-11,13-14H2,1-4H3/b17-12+/t20-,21+,22-,23-,24+,25-,26-/m0/s1. The number of aromatic nitrogens is 2. The second kappa shape index (κ2) is 7.06. The summed E-state index contributed by atoms with van der Waals surface area (Å²) < 4.78 is 2.03. The lowest BCUT2D eigenvalue weighted by atomic mass is 9.48. The summed E-state index contributed by atoms with van der Waals surface area (Å²) in [6, 6.07) is 0. The van der Waals surface area contributed by atoms with Crippen LogP contribution in [0.2, 0.25) is 0 Å². The van der Waals surface area contributed by atoms with E-state index in [1.807, 2.05) is 10.9 Å². The summed E-state index contributed by atoms with van der Waals surface area (Å²) in [5.41, 5.74) is 5.30. The van der Waals surface area contributed by atoms with E-state index >= 15 is 0 Å². The molecule has 0 saturated heterocycles. The van der Waals surface area contributed by atoms with Gasteiger partial charge in [0.15, 0.2) is 0 Å². The van der Waals surface area contributed by atoms with Crippen LogP contribution in [0.1, 0.15) is 77.0 Å². The Kier molecular flexibility index (Phi) is 4.83. The minimum Gasteiger partial charge on any atom is -0.393 e. The predicted molar refractivity (Wildman–Crippen MR) is 120 cm³/mol. The Labute approximate surface area is 181 Å². The molecule has 7 atom stereocenters. The first kappa shape index (κ1) is 20.5. The van der Waals surface area contributed by atoms with Crippen molar-refractivity contribution < 1.29 is 10.2 Å². The normalized spacial score (nSPS) is 44.4. The summed E-state index contributed by atoms with van der Waals surface area (Å²) >= 11 is 0. The number of allylic oxidation sites excluding steroid dienone is 1. The Hall–Kier alpha value is -1.39. The van der Waals surface area contributed by atoms with Crippen molar-refractivity contribution in [2.24, 2.45) is 28.6 Å². The molecule has 164 valence electrons. The number of rotatable bonds is 2. The van der Waals surface area contributed by atoms with Crippen LogP contribution >= 0.6 is 0 Å². The van der Waals surface area contributed by atoms with E-state index in [1.54, 1.807) is 0 Å². The molecule has 0 amide bonds. The van der Waals surface area contributed by atoms with Crippen LogP contribution in [0.25, 0.3) is 6.08 Å². The zero-order valence-corrected chi connectivity index (χ0v) is 19.1. The number of aliphatic hydroxyl groups is 2. The van der Waals surface area contributed by atoms with Gasteiger partial charge in [-0.1, -0.05) is 25.5 Å². The van der Waals surface area contributed by atoms with E-state index in [0.717, 1.165) is 50.6 Å². The van der Waals surface area contributed by atoms with Crippen molar-refractivity contribution in [1.82, 2.24) is 9.78 Å². The fraction of sp³-hybridized carbons (Fsp3) is 0.731. The maximum Gasteiger partial charge on any atom is 0.0809 e. The van der Waals surface area contributed by atoms with Gasteiger partial charge in [0.1, 0.15) is 0 Å². The lowest BCUT2D eigenvalue weighted by Crippen LogP contribution is -2.51. The summed E-state index contributed by atoms with van der Waals surface area (Å²) in [4.78, 5) is 0. The fourth-order valence-electron chi connectivity index (χ4n) is 7.76. The molecule has 0 aromatic carbocycles. The third kappa shape index (κ3) is 2.82. The van der Waals surface area contributed by atoms with Crippen molar-refractivity contribution in [1.29, 1.82) is 0 Å². The molecule has 0 spiro atoms. The Morgan fingerprint density at radius 3 is 2.70 bits per heavy atom. The molecule has 0 radical (unpaired) electrons. The molecule has 0 aliphatic heterocycles. The Morgan fingerprint density at radius 1 is 1.17 bits per heavy atom. The van der Waals surface area contributed by atoms with Crippen molar-refractivity contribution in [2.45, 2.75) is 91.4 Å². The first-order chi connectivity index (χ1) is 14.3. The molecule has 0 bridgehead atoms. The van der Waals surface area contributed by atoms with Gasteiger partial charge in [0, 0.05) is 23.2 Å². The molecule has 3 fully saturated rings. The molecule has 30 heavy (non-hydrogen) atoms. The highest BCUT2D eigenvalue weighted by Crippen LogP contribution is 2.65. The monoisotopic (exact) mass is 410 g/mol. The van der Waals surface area contributed by atoms with Crippen LogP contribution in [0.4, 0.5) is 0 Å². The van der Waals surface area contributed by atoms with Crippen LogP contribution in [0.15, 0.2) is 23.4 Å². The Morgan fingerprint density at radius 2 is 1.97 bits per heavy atom. The number of aliphatic hydroxyl groups excluding tert-OH is 2. The van der Waals surface area contributed by atoms with Gasteiger partial charge < -0.3 is 10.2 Å². The summed E-state index contributed by atoms with van der Waals surface area (Å²) in [5.74, 6) is 1.88. The van der Waals surface area contributed by atoms with Gasteiger partial charge in [-0.15, -0.1) is 0 Å². The SMILES string of the molecule is CCn1ncc(/C=C2\C[C@H]3[C@@H]4CC=C5C[C@@H](O)CC[C@]5(C)[C@H]4CC[C@]3(C)[C@@H]2O)c1C. The Bertz CT molecular complexity index is 899. The van der Waals surface area contributed by atoms with Crippen molar-refractivity contribution in [3.8, 4) is 0 Å². The number of hydrogen-bond donors (Lipinski definition) is 2. The maximum atomic E-state index is 11.4. The van der Waals surface area contributed by atoms with Gasteiger partial charge in [0.25, 0.3) is 0 Å². The molecular weight excluding hydrogens is 372 g/mol. The summed E-state index contributed by atoms with van der Waals surface area (Å²) in [5, 5.41) is 26.1. The zero-order valence-electron chi connectivity index (χ0n) is 19.1. The highest BCUT2D eigenvalue weighted by molar-refractivity contribution is 5.57. The van der Waals surface area contributed by atoms with Crippen LogP contribution in [0.3, 0.4) is 0 Å². The second-order valence-electron chi connectivity index (χ2n) is 11.0. The number of nitrogens with zero attached hydrogens (tertiary/aromatic N) is 2. The number of aryl methyl sites for hydroxylation is 1. The summed E-state index contributed by atoms with van der Waals surface area (Å²) in [6.45, 7) is 9.93. The summed E-state index contributed by atoms with van der Waals surface area (Å²) in [6.07, 6.45) is 13.5. The molecule has 1 aromatic rings. The highest BCUT2D eigenvalue weighted by Gasteiger charge is 2.59. The molecule has 5 rings (SSSR count). The van der Waals surface area contributed by atoms with Gasteiger partial charge in [-0.3, -0.25) is 4.68 Å². The number of fused-ring (bicyclic) bond motifs is 5. The molecule has 1 aromatic heterocycles. The van der Waals surface area contributed by atoms with Crippen LogP contribution in [0.5, 0.6) is 0 Å². The smallest absolute Gasteiger partial charge is 0.0809 e. The first-order valence-electron chi connectivity index (χ1n) is 12.1. The molecule has 1 heterocycles.